The van der Waals surface area contributed by atoms with E-state index in [1.165, 1.54) is 5.56 Å². The van der Waals surface area contributed by atoms with Crippen LogP contribution in [0.4, 0.5) is 0 Å². The van der Waals surface area contributed by atoms with Crippen molar-refractivity contribution in [1.82, 2.24) is 15.1 Å². The van der Waals surface area contributed by atoms with Gasteiger partial charge in [-0.1, -0.05) is 36.2 Å². The third-order valence-corrected chi connectivity index (χ3v) is 3.88. The first-order valence-electron chi connectivity index (χ1n) is 6.77. The van der Waals surface area contributed by atoms with Crippen LogP contribution in [0.3, 0.4) is 0 Å². The van der Waals surface area contributed by atoms with Crippen molar-refractivity contribution in [3.63, 3.8) is 0 Å². The van der Waals surface area contributed by atoms with Crippen LogP contribution in [-0.4, -0.2) is 16.8 Å². The number of likely N-dealkylation sites (N-methyl/N-ethyl adjacent to an activating group) is 1. The number of hydrogen-bond acceptors (Lipinski definition) is 2. The zero-order valence-electron chi connectivity index (χ0n) is 11.7. The van der Waals surface area contributed by atoms with Crippen LogP contribution in [0, 0.1) is 0 Å². The van der Waals surface area contributed by atoms with Gasteiger partial charge in [-0.15, -0.1) is 0 Å². The summed E-state index contributed by atoms with van der Waals surface area (Å²) in [5, 5.41) is 9.06. The van der Waals surface area contributed by atoms with Gasteiger partial charge in [-0.2, -0.15) is 5.10 Å². The standard InChI is InChI=1S/C15H19Cl2N3/c1-3-6-20-10-12(9-19-20)15(18-2)7-11-4-5-13(16)8-14(11)17/h4-5,8-10,15,18H,3,6-7H2,1-2H3. The molecule has 20 heavy (non-hydrogen) atoms. The number of benzene rings is 1. The SMILES string of the molecule is CCCn1cc(C(Cc2ccc(Cl)cc2Cl)NC)cn1. The highest BCUT2D eigenvalue weighted by Crippen LogP contribution is 2.26. The lowest BCUT2D eigenvalue weighted by molar-refractivity contribution is 0.582. The molecule has 0 amide bonds. The molecule has 0 aliphatic heterocycles. The number of rotatable bonds is 6. The molecule has 0 saturated carbocycles. The maximum Gasteiger partial charge on any atom is 0.0537 e. The number of nitrogens with one attached hydrogen (secondary N) is 1. The lowest BCUT2D eigenvalue weighted by atomic mass is 10.0. The van der Waals surface area contributed by atoms with Crippen LogP contribution < -0.4 is 5.32 Å². The third-order valence-electron chi connectivity index (χ3n) is 3.30. The number of hydrogen-bond donors (Lipinski definition) is 1. The van der Waals surface area contributed by atoms with E-state index in [1.54, 1.807) is 6.07 Å². The van der Waals surface area contributed by atoms with E-state index in [-0.39, 0.29) is 6.04 Å². The molecule has 0 aliphatic rings. The second-order valence-corrected chi connectivity index (χ2v) is 5.66. The van der Waals surface area contributed by atoms with Crippen molar-refractivity contribution in [3.8, 4) is 0 Å². The van der Waals surface area contributed by atoms with Crippen molar-refractivity contribution < 1.29 is 0 Å². The van der Waals surface area contributed by atoms with Gasteiger partial charge in [0.1, 0.15) is 0 Å². The molecule has 1 heterocycles. The lowest BCUT2D eigenvalue weighted by Gasteiger charge is -2.15. The Hall–Kier alpha value is -1.03. The van der Waals surface area contributed by atoms with Gasteiger partial charge in [0.05, 0.1) is 6.20 Å². The molecular weight excluding hydrogens is 293 g/mol. The molecule has 0 saturated heterocycles. The molecule has 2 rings (SSSR count). The van der Waals surface area contributed by atoms with Gasteiger partial charge in [-0.25, -0.2) is 0 Å². The fourth-order valence-electron chi connectivity index (χ4n) is 2.20. The summed E-state index contributed by atoms with van der Waals surface area (Å²) >= 11 is 12.2. The monoisotopic (exact) mass is 311 g/mol. The summed E-state index contributed by atoms with van der Waals surface area (Å²) in [6.45, 7) is 3.09. The summed E-state index contributed by atoms with van der Waals surface area (Å²) in [5.41, 5.74) is 2.26. The smallest absolute Gasteiger partial charge is 0.0537 e. The van der Waals surface area contributed by atoms with Crippen LogP contribution >= 0.6 is 23.2 Å². The van der Waals surface area contributed by atoms with Crippen molar-refractivity contribution in [2.45, 2.75) is 32.4 Å². The van der Waals surface area contributed by atoms with Crippen molar-refractivity contribution in [3.05, 3.63) is 51.8 Å². The molecule has 0 spiro atoms. The van der Waals surface area contributed by atoms with Gasteiger partial charge in [0.15, 0.2) is 0 Å². The summed E-state index contributed by atoms with van der Waals surface area (Å²) in [7, 11) is 1.95. The van der Waals surface area contributed by atoms with Gasteiger partial charge in [0.2, 0.25) is 0 Å². The van der Waals surface area contributed by atoms with E-state index < -0.39 is 0 Å². The molecule has 0 bridgehead atoms. The van der Waals surface area contributed by atoms with Crippen molar-refractivity contribution in [2.75, 3.05) is 7.05 Å². The van der Waals surface area contributed by atoms with E-state index in [9.17, 15) is 0 Å². The van der Waals surface area contributed by atoms with E-state index in [4.69, 9.17) is 23.2 Å². The minimum Gasteiger partial charge on any atom is -0.313 e. The predicted octanol–water partition coefficient (Wildman–Crippen LogP) is 4.10. The van der Waals surface area contributed by atoms with E-state index in [2.05, 4.69) is 23.5 Å². The van der Waals surface area contributed by atoms with Crippen LogP contribution in [-0.2, 0) is 13.0 Å². The van der Waals surface area contributed by atoms with E-state index >= 15 is 0 Å². The molecule has 1 atom stereocenters. The highest BCUT2D eigenvalue weighted by molar-refractivity contribution is 6.35. The Morgan fingerprint density at radius 3 is 2.80 bits per heavy atom. The summed E-state index contributed by atoms with van der Waals surface area (Å²) < 4.78 is 1.98. The molecule has 0 fully saturated rings. The fraction of sp³-hybridized carbons (Fsp3) is 0.400. The summed E-state index contributed by atoms with van der Waals surface area (Å²) in [6, 6.07) is 5.83. The summed E-state index contributed by atoms with van der Waals surface area (Å²) in [5.74, 6) is 0. The van der Waals surface area contributed by atoms with Crippen LogP contribution in [0.5, 0.6) is 0 Å². The minimum absolute atomic E-state index is 0.194. The van der Waals surface area contributed by atoms with Crippen molar-refractivity contribution in [2.24, 2.45) is 0 Å². The van der Waals surface area contributed by atoms with Gasteiger partial charge < -0.3 is 5.32 Å². The Labute approximate surface area is 129 Å². The highest BCUT2D eigenvalue weighted by atomic mass is 35.5. The van der Waals surface area contributed by atoms with Crippen LogP contribution in [0.25, 0.3) is 0 Å². The van der Waals surface area contributed by atoms with Gasteiger partial charge >= 0.3 is 0 Å². The molecule has 108 valence electrons. The second-order valence-electron chi connectivity index (χ2n) is 4.82. The fourth-order valence-corrected chi connectivity index (χ4v) is 2.69. The largest absolute Gasteiger partial charge is 0.313 e. The number of aryl methyl sites for hydroxylation is 1. The quantitative estimate of drug-likeness (QED) is 0.870. The van der Waals surface area contributed by atoms with Crippen molar-refractivity contribution in [1.29, 1.82) is 0 Å². The molecule has 0 radical (unpaired) electrons. The first kappa shape index (κ1) is 15.4. The molecule has 1 aromatic heterocycles. The van der Waals surface area contributed by atoms with Gasteiger partial charge in [0, 0.05) is 34.4 Å². The Kier molecular flexibility index (Phi) is 5.46. The van der Waals surface area contributed by atoms with Crippen molar-refractivity contribution >= 4 is 23.2 Å². The molecule has 1 aromatic carbocycles. The third kappa shape index (κ3) is 3.75. The van der Waals surface area contributed by atoms with Gasteiger partial charge in [-0.3, -0.25) is 4.68 Å². The van der Waals surface area contributed by atoms with Gasteiger partial charge in [0.25, 0.3) is 0 Å². The molecule has 1 unspecified atom stereocenters. The Bertz CT molecular complexity index is 566. The average Bonchev–Trinajstić information content (AvgIpc) is 2.87. The maximum absolute atomic E-state index is 6.24. The van der Waals surface area contributed by atoms with Crippen LogP contribution in [0.1, 0.15) is 30.5 Å². The van der Waals surface area contributed by atoms with Crippen LogP contribution in [0.2, 0.25) is 10.0 Å². The maximum atomic E-state index is 6.24. The zero-order valence-corrected chi connectivity index (χ0v) is 13.2. The van der Waals surface area contributed by atoms with Gasteiger partial charge in [-0.05, 0) is 37.6 Å². The Balaban J connectivity index is 2.15. The molecule has 5 heteroatoms. The zero-order chi connectivity index (χ0) is 14.5. The van der Waals surface area contributed by atoms with Crippen LogP contribution in [0.15, 0.2) is 30.6 Å². The highest BCUT2D eigenvalue weighted by Gasteiger charge is 2.14. The number of nitrogens with zero attached hydrogens (tertiary/aromatic N) is 2. The lowest BCUT2D eigenvalue weighted by Crippen LogP contribution is -2.18. The Morgan fingerprint density at radius 2 is 2.15 bits per heavy atom. The molecule has 2 aromatic rings. The molecular formula is C15H19Cl2N3. The normalized spacial score (nSPS) is 12.6. The first-order chi connectivity index (χ1) is 9.63. The van der Waals surface area contributed by atoms with E-state index in [1.807, 2.05) is 30.1 Å². The molecule has 0 aliphatic carbocycles. The predicted molar refractivity (Wildman–Crippen MR) is 84.5 cm³/mol. The number of halogens is 2. The molecule has 3 nitrogen and oxygen atoms in total. The van der Waals surface area contributed by atoms with E-state index in [0.717, 1.165) is 24.9 Å². The second kappa shape index (κ2) is 7.11. The van der Waals surface area contributed by atoms with E-state index in [0.29, 0.717) is 10.0 Å². The number of aromatic nitrogens is 2. The average molecular weight is 312 g/mol. The summed E-state index contributed by atoms with van der Waals surface area (Å²) in [6.07, 6.45) is 5.90. The minimum atomic E-state index is 0.194. The first-order valence-corrected chi connectivity index (χ1v) is 7.53. The topological polar surface area (TPSA) is 29.9 Å². The summed E-state index contributed by atoms with van der Waals surface area (Å²) in [4.78, 5) is 0. The Morgan fingerprint density at radius 1 is 1.35 bits per heavy atom. The molecule has 1 N–H and O–H groups in total.